The van der Waals surface area contributed by atoms with Crippen molar-refractivity contribution in [1.82, 2.24) is 0 Å². The number of hydrogen-bond donors (Lipinski definition) is 0. The highest BCUT2D eigenvalue weighted by atomic mass is 35.5. The first kappa shape index (κ1) is 17.0. The molecule has 0 heterocycles. The standard InChI is InChI=1S/C18H17ClO4/c1-12(2)22-18(21)23-16-9-5-14(6-10-16)17(20)11-13-3-7-15(19)8-4-13/h3-10,12H,11H2,1-2H3. The molecule has 0 aromatic heterocycles. The highest BCUT2D eigenvalue weighted by Gasteiger charge is 2.10. The largest absolute Gasteiger partial charge is 0.514 e. The number of benzene rings is 2. The Morgan fingerprint density at radius 3 is 2.17 bits per heavy atom. The van der Waals surface area contributed by atoms with E-state index in [0.29, 0.717) is 16.3 Å². The third-order valence-electron chi connectivity index (χ3n) is 2.99. The van der Waals surface area contributed by atoms with Gasteiger partial charge in [0.05, 0.1) is 6.10 Å². The van der Waals surface area contributed by atoms with Crippen molar-refractivity contribution in [3.63, 3.8) is 0 Å². The van der Waals surface area contributed by atoms with Crippen molar-refractivity contribution < 1.29 is 19.1 Å². The van der Waals surface area contributed by atoms with Crippen LogP contribution < -0.4 is 4.74 Å². The van der Waals surface area contributed by atoms with Gasteiger partial charge in [-0.15, -0.1) is 0 Å². The number of carbonyl (C=O) groups excluding carboxylic acids is 2. The fraction of sp³-hybridized carbons (Fsp3) is 0.222. The van der Waals surface area contributed by atoms with Crippen LogP contribution in [0, 0.1) is 0 Å². The second kappa shape index (κ2) is 7.79. The van der Waals surface area contributed by atoms with Crippen LogP contribution >= 0.6 is 11.6 Å². The minimum Gasteiger partial charge on any atom is -0.431 e. The van der Waals surface area contributed by atoms with Crippen molar-refractivity contribution in [3.05, 3.63) is 64.7 Å². The van der Waals surface area contributed by atoms with E-state index in [1.54, 1.807) is 50.2 Å². The maximum Gasteiger partial charge on any atom is 0.514 e. The summed E-state index contributed by atoms with van der Waals surface area (Å²) < 4.78 is 9.89. The molecule has 2 aromatic carbocycles. The fourth-order valence-electron chi connectivity index (χ4n) is 1.91. The smallest absolute Gasteiger partial charge is 0.431 e. The molecule has 0 N–H and O–H groups in total. The van der Waals surface area contributed by atoms with Gasteiger partial charge in [0.15, 0.2) is 5.78 Å². The molecule has 23 heavy (non-hydrogen) atoms. The molecule has 2 aromatic rings. The van der Waals surface area contributed by atoms with E-state index in [9.17, 15) is 9.59 Å². The third-order valence-corrected chi connectivity index (χ3v) is 3.24. The zero-order valence-corrected chi connectivity index (χ0v) is 13.7. The van der Waals surface area contributed by atoms with Crippen LogP contribution in [0.3, 0.4) is 0 Å². The topological polar surface area (TPSA) is 52.6 Å². The monoisotopic (exact) mass is 332 g/mol. The molecule has 2 rings (SSSR count). The zero-order valence-electron chi connectivity index (χ0n) is 12.9. The first-order valence-corrected chi connectivity index (χ1v) is 7.58. The predicted octanol–water partition coefficient (Wildman–Crippen LogP) is 4.69. The van der Waals surface area contributed by atoms with Gasteiger partial charge >= 0.3 is 6.16 Å². The highest BCUT2D eigenvalue weighted by molar-refractivity contribution is 6.30. The van der Waals surface area contributed by atoms with Gasteiger partial charge in [-0.05, 0) is 55.8 Å². The Morgan fingerprint density at radius 1 is 1.00 bits per heavy atom. The minimum absolute atomic E-state index is 0.0244. The summed E-state index contributed by atoms with van der Waals surface area (Å²) in [5.41, 5.74) is 1.43. The number of ketones is 1. The molecule has 5 heteroatoms. The Kier molecular flexibility index (Phi) is 5.77. The van der Waals surface area contributed by atoms with E-state index in [0.717, 1.165) is 5.56 Å². The molecule has 0 aliphatic heterocycles. The number of ether oxygens (including phenoxy) is 2. The highest BCUT2D eigenvalue weighted by Crippen LogP contribution is 2.16. The summed E-state index contributed by atoms with van der Waals surface area (Å²) in [5, 5.41) is 0.635. The van der Waals surface area contributed by atoms with E-state index in [4.69, 9.17) is 21.1 Å². The van der Waals surface area contributed by atoms with Crippen LogP contribution in [0.25, 0.3) is 0 Å². The number of hydrogen-bond acceptors (Lipinski definition) is 4. The minimum atomic E-state index is -0.764. The van der Waals surface area contributed by atoms with Gasteiger partial charge < -0.3 is 9.47 Å². The van der Waals surface area contributed by atoms with Gasteiger partial charge in [-0.1, -0.05) is 23.7 Å². The molecule has 0 saturated carbocycles. The Labute approximate surface area is 140 Å². The molecule has 0 atom stereocenters. The van der Waals surface area contributed by atoms with Gasteiger partial charge in [-0.2, -0.15) is 0 Å². The lowest BCUT2D eigenvalue weighted by molar-refractivity contribution is 0.0729. The first-order valence-electron chi connectivity index (χ1n) is 7.20. The Morgan fingerprint density at radius 2 is 1.61 bits per heavy atom. The molecule has 0 radical (unpaired) electrons. The lowest BCUT2D eigenvalue weighted by Gasteiger charge is -2.08. The second-order valence-electron chi connectivity index (χ2n) is 5.27. The molecule has 0 saturated heterocycles. The summed E-state index contributed by atoms with van der Waals surface area (Å²) in [4.78, 5) is 23.6. The molecular weight excluding hydrogens is 316 g/mol. The Bertz CT molecular complexity index is 675. The van der Waals surface area contributed by atoms with E-state index < -0.39 is 6.16 Å². The molecule has 0 unspecified atom stereocenters. The van der Waals surface area contributed by atoms with E-state index in [-0.39, 0.29) is 18.3 Å². The van der Waals surface area contributed by atoms with Crippen LogP contribution in [0.4, 0.5) is 4.79 Å². The normalized spacial score (nSPS) is 10.4. The molecule has 0 aliphatic rings. The SMILES string of the molecule is CC(C)OC(=O)Oc1ccc(C(=O)Cc2ccc(Cl)cc2)cc1. The van der Waals surface area contributed by atoms with Crippen molar-refractivity contribution in [2.45, 2.75) is 26.4 Å². The number of halogens is 1. The molecule has 0 amide bonds. The van der Waals surface area contributed by atoms with Crippen molar-refractivity contribution in [1.29, 1.82) is 0 Å². The van der Waals surface area contributed by atoms with Crippen LogP contribution in [0.5, 0.6) is 5.75 Å². The van der Waals surface area contributed by atoms with Crippen molar-refractivity contribution >= 4 is 23.5 Å². The zero-order chi connectivity index (χ0) is 16.8. The average Bonchev–Trinajstić information content (AvgIpc) is 2.49. The Hall–Kier alpha value is -2.33. The van der Waals surface area contributed by atoms with E-state index >= 15 is 0 Å². The lowest BCUT2D eigenvalue weighted by atomic mass is 10.0. The van der Waals surface area contributed by atoms with Gasteiger partial charge in [0.2, 0.25) is 0 Å². The second-order valence-corrected chi connectivity index (χ2v) is 5.71. The number of carbonyl (C=O) groups is 2. The van der Waals surface area contributed by atoms with Gasteiger partial charge in [0.1, 0.15) is 5.75 Å². The summed E-state index contributed by atoms with van der Waals surface area (Å²) in [6, 6.07) is 13.5. The fourth-order valence-corrected chi connectivity index (χ4v) is 2.04. The lowest BCUT2D eigenvalue weighted by Crippen LogP contribution is -2.15. The number of rotatable bonds is 5. The molecular formula is C18H17ClO4. The van der Waals surface area contributed by atoms with Crippen molar-refractivity contribution in [3.8, 4) is 5.75 Å². The van der Waals surface area contributed by atoms with Crippen molar-refractivity contribution in [2.75, 3.05) is 0 Å². The number of Topliss-reactive ketones (excluding diaryl/α,β-unsaturated/α-hetero) is 1. The third kappa shape index (κ3) is 5.42. The summed E-state index contributed by atoms with van der Waals surface area (Å²) >= 11 is 5.82. The predicted molar refractivity (Wildman–Crippen MR) is 88.2 cm³/mol. The van der Waals surface area contributed by atoms with Crippen LogP contribution in [-0.4, -0.2) is 18.0 Å². The average molecular weight is 333 g/mol. The molecule has 0 bridgehead atoms. The maximum absolute atomic E-state index is 12.2. The summed E-state index contributed by atoms with van der Waals surface area (Å²) in [6.45, 7) is 3.47. The maximum atomic E-state index is 12.2. The van der Waals surface area contributed by atoms with E-state index in [1.165, 1.54) is 0 Å². The van der Waals surface area contributed by atoms with Crippen LogP contribution in [0.1, 0.15) is 29.8 Å². The van der Waals surface area contributed by atoms with Crippen LogP contribution in [0.15, 0.2) is 48.5 Å². The first-order chi connectivity index (χ1) is 10.9. The van der Waals surface area contributed by atoms with E-state index in [2.05, 4.69) is 0 Å². The Balaban J connectivity index is 1.97. The van der Waals surface area contributed by atoms with Crippen LogP contribution in [-0.2, 0) is 11.2 Å². The van der Waals surface area contributed by atoms with Gasteiger partial charge in [-0.3, -0.25) is 4.79 Å². The van der Waals surface area contributed by atoms with Crippen LogP contribution in [0.2, 0.25) is 5.02 Å². The van der Waals surface area contributed by atoms with Gasteiger partial charge in [0.25, 0.3) is 0 Å². The van der Waals surface area contributed by atoms with Gasteiger partial charge in [-0.25, -0.2) is 4.79 Å². The molecule has 120 valence electrons. The van der Waals surface area contributed by atoms with Gasteiger partial charge in [0, 0.05) is 17.0 Å². The summed E-state index contributed by atoms with van der Waals surface area (Å²) in [5.74, 6) is 0.308. The van der Waals surface area contributed by atoms with E-state index in [1.807, 2.05) is 12.1 Å². The quantitative estimate of drug-likeness (QED) is 0.453. The van der Waals surface area contributed by atoms with Crippen molar-refractivity contribution in [2.24, 2.45) is 0 Å². The molecule has 0 fully saturated rings. The summed E-state index contributed by atoms with van der Waals surface area (Å²) in [7, 11) is 0. The molecule has 0 spiro atoms. The summed E-state index contributed by atoms with van der Waals surface area (Å²) in [6.07, 6.45) is -0.727. The molecule has 4 nitrogen and oxygen atoms in total. The molecule has 0 aliphatic carbocycles.